The van der Waals surface area contributed by atoms with Crippen molar-refractivity contribution in [1.82, 2.24) is 15.1 Å². The van der Waals surface area contributed by atoms with Gasteiger partial charge in [0.1, 0.15) is 0 Å². The zero-order chi connectivity index (χ0) is 17.6. The van der Waals surface area contributed by atoms with Crippen LogP contribution in [-0.2, 0) is 4.79 Å². The average Bonchev–Trinajstić information content (AvgIpc) is 3.25. The van der Waals surface area contributed by atoms with E-state index in [0.717, 1.165) is 35.2 Å². The molecule has 0 saturated heterocycles. The molecule has 1 fully saturated rings. The number of aromatic nitrogens is 2. The van der Waals surface area contributed by atoms with Crippen LogP contribution in [-0.4, -0.2) is 21.2 Å². The van der Waals surface area contributed by atoms with Crippen LogP contribution in [0.5, 0.6) is 0 Å². The van der Waals surface area contributed by atoms with E-state index >= 15 is 0 Å². The monoisotopic (exact) mass is 334 g/mol. The Morgan fingerprint density at radius 2 is 1.96 bits per heavy atom. The summed E-state index contributed by atoms with van der Waals surface area (Å²) in [6.45, 7) is 4.00. The number of nitrogens with zero attached hydrogens (tertiary/aromatic N) is 2. The molecule has 5 heteroatoms. The SMILES string of the molecule is Cc1c([C@@H](C)NC(=O)C2(N)CC2)cnn1-c1cccc2ccccc12. The van der Waals surface area contributed by atoms with E-state index in [1.54, 1.807) is 0 Å². The summed E-state index contributed by atoms with van der Waals surface area (Å²) >= 11 is 0. The first-order valence-electron chi connectivity index (χ1n) is 8.62. The van der Waals surface area contributed by atoms with Crippen molar-refractivity contribution in [2.24, 2.45) is 5.73 Å². The van der Waals surface area contributed by atoms with Crippen LogP contribution in [0.15, 0.2) is 48.7 Å². The van der Waals surface area contributed by atoms with Gasteiger partial charge in [0.2, 0.25) is 5.91 Å². The van der Waals surface area contributed by atoms with Crippen LogP contribution in [0.25, 0.3) is 16.5 Å². The molecule has 3 aromatic rings. The number of hydrogen-bond acceptors (Lipinski definition) is 3. The molecule has 0 aliphatic heterocycles. The summed E-state index contributed by atoms with van der Waals surface area (Å²) in [5.41, 5.74) is 8.39. The third kappa shape index (κ3) is 2.70. The van der Waals surface area contributed by atoms with Crippen molar-refractivity contribution in [3.63, 3.8) is 0 Å². The van der Waals surface area contributed by atoms with Crippen LogP contribution in [0, 0.1) is 6.92 Å². The van der Waals surface area contributed by atoms with Gasteiger partial charge < -0.3 is 11.1 Å². The van der Waals surface area contributed by atoms with Crippen LogP contribution >= 0.6 is 0 Å². The van der Waals surface area contributed by atoms with Crippen molar-refractivity contribution in [2.45, 2.75) is 38.3 Å². The molecule has 3 N–H and O–H groups in total. The third-order valence-corrected chi connectivity index (χ3v) is 5.10. The minimum atomic E-state index is -0.659. The highest BCUT2D eigenvalue weighted by molar-refractivity contribution is 5.90. The molecule has 0 bridgehead atoms. The lowest BCUT2D eigenvalue weighted by Gasteiger charge is -2.17. The topological polar surface area (TPSA) is 72.9 Å². The normalized spacial score (nSPS) is 16.6. The van der Waals surface area contributed by atoms with Crippen LogP contribution in [0.2, 0.25) is 0 Å². The van der Waals surface area contributed by atoms with E-state index in [2.05, 4.69) is 34.7 Å². The van der Waals surface area contributed by atoms with Gasteiger partial charge in [-0.1, -0.05) is 36.4 Å². The molecule has 2 aromatic carbocycles. The number of amides is 1. The summed E-state index contributed by atoms with van der Waals surface area (Å²) in [6, 6.07) is 14.3. The fourth-order valence-electron chi connectivity index (χ4n) is 3.26. The summed E-state index contributed by atoms with van der Waals surface area (Å²) in [5.74, 6) is -0.0719. The van der Waals surface area contributed by atoms with Gasteiger partial charge in [0.05, 0.1) is 23.5 Å². The van der Waals surface area contributed by atoms with Gasteiger partial charge in [-0.25, -0.2) is 4.68 Å². The number of hydrogen-bond donors (Lipinski definition) is 2. The molecule has 1 heterocycles. The van der Waals surface area contributed by atoms with Gasteiger partial charge >= 0.3 is 0 Å². The zero-order valence-corrected chi connectivity index (χ0v) is 14.5. The summed E-state index contributed by atoms with van der Waals surface area (Å²) in [7, 11) is 0. The minimum Gasteiger partial charge on any atom is -0.348 e. The van der Waals surface area contributed by atoms with Gasteiger partial charge in [-0.05, 0) is 38.1 Å². The zero-order valence-electron chi connectivity index (χ0n) is 14.5. The minimum absolute atomic E-state index is 0.0719. The first kappa shape index (κ1) is 15.8. The summed E-state index contributed by atoms with van der Waals surface area (Å²) < 4.78 is 1.94. The van der Waals surface area contributed by atoms with Crippen LogP contribution in [0.3, 0.4) is 0 Å². The number of carbonyl (C=O) groups excluding carboxylic acids is 1. The molecule has 1 aliphatic carbocycles. The summed E-state index contributed by atoms with van der Waals surface area (Å²) in [4.78, 5) is 12.2. The smallest absolute Gasteiger partial charge is 0.240 e. The molecule has 5 nitrogen and oxygen atoms in total. The molecular formula is C20H22N4O. The van der Waals surface area contributed by atoms with Gasteiger partial charge in [-0.3, -0.25) is 4.79 Å². The van der Waals surface area contributed by atoms with Gasteiger partial charge in [-0.15, -0.1) is 0 Å². The average molecular weight is 334 g/mol. The fraction of sp³-hybridized carbons (Fsp3) is 0.300. The first-order valence-corrected chi connectivity index (χ1v) is 8.62. The molecule has 1 aliphatic rings. The van der Waals surface area contributed by atoms with Crippen molar-refractivity contribution in [3.8, 4) is 5.69 Å². The van der Waals surface area contributed by atoms with E-state index in [9.17, 15) is 4.79 Å². The highest BCUT2D eigenvalue weighted by Gasteiger charge is 2.46. The number of nitrogens with two attached hydrogens (primary N) is 1. The van der Waals surface area contributed by atoms with E-state index in [1.165, 1.54) is 5.39 Å². The number of fused-ring (bicyclic) bond motifs is 1. The van der Waals surface area contributed by atoms with Crippen LogP contribution in [0.1, 0.15) is 37.1 Å². The molecule has 1 saturated carbocycles. The van der Waals surface area contributed by atoms with Crippen molar-refractivity contribution >= 4 is 16.7 Å². The van der Waals surface area contributed by atoms with Crippen molar-refractivity contribution in [1.29, 1.82) is 0 Å². The van der Waals surface area contributed by atoms with Crippen molar-refractivity contribution < 1.29 is 4.79 Å². The molecule has 0 spiro atoms. The lowest BCUT2D eigenvalue weighted by molar-refractivity contribution is -0.123. The van der Waals surface area contributed by atoms with Crippen LogP contribution in [0.4, 0.5) is 0 Å². The Morgan fingerprint density at radius 3 is 2.72 bits per heavy atom. The predicted octanol–water partition coefficient (Wildman–Crippen LogP) is 3.00. The third-order valence-electron chi connectivity index (χ3n) is 5.10. The van der Waals surface area contributed by atoms with E-state index < -0.39 is 5.54 Å². The fourth-order valence-corrected chi connectivity index (χ4v) is 3.26. The van der Waals surface area contributed by atoms with Crippen LogP contribution < -0.4 is 11.1 Å². The highest BCUT2D eigenvalue weighted by Crippen LogP contribution is 2.33. The number of benzene rings is 2. The van der Waals surface area contributed by atoms with E-state index in [-0.39, 0.29) is 11.9 Å². The Bertz CT molecular complexity index is 950. The molecule has 1 amide bonds. The second kappa shape index (κ2) is 5.70. The first-order chi connectivity index (χ1) is 12.0. The largest absolute Gasteiger partial charge is 0.348 e. The van der Waals surface area contributed by atoms with Gasteiger partial charge in [0.25, 0.3) is 0 Å². The van der Waals surface area contributed by atoms with Crippen molar-refractivity contribution in [3.05, 3.63) is 59.9 Å². The van der Waals surface area contributed by atoms with E-state index in [0.29, 0.717) is 0 Å². The maximum Gasteiger partial charge on any atom is 0.240 e. The molecule has 25 heavy (non-hydrogen) atoms. The number of nitrogens with one attached hydrogen (secondary N) is 1. The Morgan fingerprint density at radius 1 is 1.24 bits per heavy atom. The Labute approximate surface area is 146 Å². The molecule has 1 atom stereocenters. The second-order valence-corrected chi connectivity index (χ2v) is 6.95. The summed E-state index contributed by atoms with van der Waals surface area (Å²) in [5, 5.41) is 9.93. The Hall–Kier alpha value is -2.66. The maximum absolute atomic E-state index is 12.2. The number of rotatable bonds is 4. The van der Waals surface area contributed by atoms with Crippen molar-refractivity contribution in [2.75, 3.05) is 0 Å². The molecule has 0 radical (unpaired) electrons. The number of carbonyl (C=O) groups is 1. The van der Waals surface area contributed by atoms with E-state index in [4.69, 9.17) is 5.73 Å². The highest BCUT2D eigenvalue weighted by atomic mass is 16.2. The van der Waals surface area contributed by atoms with Gasteiger partial charge in [-0.2, -0.15) is 5.10 Å². The molecule has 1 aromatic heterocycles. The standard InChI is InChI=1S/C20H22N4O/c1-13(23-19(25)20(21)10-11-20)17-12-22-24(14(17)2)18-9-5-7-15-6-3-4-8-16(15)18/h3-9,12-13H,10-11,21H2,1-2H3,(H,23,25)/t13-/m1/s1. The lowest BCUT2D eigenvalue weighted by Crippen LogP contribution is -2.43. The summed E-state index contributed by atoms with van der Waals surface area (Å²) in [6.07, 6.45) is 3.36. The predicted molar refractivity (Wildman–Crippen MR) is 98.5 cm³/mol. The molecular weight excluding hydrogens is 312 g/mol. The Kier molecular flexibility index (Phi) is 3.62. The molecule has 4 rings (SSSR count). The van der Waals surface area contributed by atoms with Gasteiger partial charge in [0, 0.05) is 16.6 Å². The van der Waals surface area contributed by atoms with E-state index in [1.807, 2.05) is 42.9 Å². The maximum atomic E-state index is 12.2. The Balaban J connectivity index is 1.68. The quantitative estimate of drug-likeness (QED) is 0.770. The second-order valence-electron chi connectivity index (χ2n) is 6.95. The lowest BCUT2D eigenvalue weighted by atomic mass is 10.1. The molecule has 0 unspecified atom stereocenters. The van der Waals surface area contributed by atoms with Gasteiger partial charge in [0.15, 0.2) is 0 Å². The molecule has 128 valence electrons.